The SMILES string of the molecule is Cc1ccc(-c2[c-]cccc2)nc1.Cc1cnc(-c2[c-]ccc3c2oc2c3ccc3ccsc32)cc1C.[Ir]. The number of thiophene rings is 1. The molecule has 4 heterocycles. The molecule has 0 aliphatic carbocycles. The number of benzene rings is 3. The van der Waals surface area contributed by atoms with Gasteiger partial charge in [-0.3, -0.25) is 0 Å². The quantitative estimate of drug-likeness (QED) is 0.170. The van der Waals surface area contributed by atoms with Crippen molar-refractivity contribution in [3.8, 4) is 22.5 Å². The number of fused-ring (bicyclic) bond motifs is 5. The van der Waals surface area contributed by atoms with Gasteiger partial charge in [-0.05, 0) is 60.1 Å². The zero-order valence-electron chi connectivity index (χ0n) is 21.2. The van der Waals surface area contributed by atoms with Crippen LogP contribution in [0.3, 0.4) is 0 Å². The zero-order valence-corrected chi connectivity index (χ0v) is 24.4. The van der Waals surface area contributed by atoms with Crippen LogP contribution in [0.25, 0.3) is 54.5 Å². The molecule has 0 spiro atoms. The summed E-state index contributed by atoms with van der Waals surface area (Å²) in [4.78, 5) is 8.91. The number of hydrogen-bond acceptors (Lipinski definition) is 4. The molecule has 0 aliphatic rings. The van der Waals surface area contributed by atoms with Crippen molar-refractivity contribution in [2.45, 2.75) is 20.8 Å². The van der Waals surface area contributed by atoms with Crippen LogP contribution in [0, 0.1) is 32.9 Å². The Labute approximate surface area is 239 Å². The van der Waals surface area contributed by atoms with Crippen LogP contribution in [-0.4, -0.2) is 9.97 Å². The first-order chi connectivity index (χ1) is 18.1. The van der Waals surface area contributed by atoms with E-state index in [0.29, 0.717) is 0 Å². The molecule has 0 amide bonds. The zero-order chi connectivity index (χ0) is 25.4. The second kappa shape index (κ2) is 11.0. The van der Waals surface area contributed by atoms with Crippen molar-refractivity contribution in [3.63, 3.8) is 0 Å². The van der Waals surface area contributed by atoms with Crippen molar-refractivity contribution in [1.29, 1.82) is 0 Å². The maximum absolute atomic E-state index is 6.32. The van der Waals surface area contributed by atoms with Gasteiger partial charge in [-0.15, -0.1) is 65.4 Å². The average molecular weight is 689 g/mol. The van der Waals surface area contributed by atoms with Gasteiger partial charge in [0, 0.05) is 37.9 Å². The first-order valence-electron chi connectivity index (χ1n) is 12.1. The summed E-state index contributed by atoms with van der Waals surface area (Å²) in [5.74, 6) is 0. The Bertz CT molecular complexity index is 1850. The maximum Gasteiger partial charge on any atom is 0.138 e. The van der Waals surface area contributed by atoms with Gasteiger partial charge >= 0.3 is 0 Å². The minimum atomic E-state index is 0. The molecule has 189 valence electrons. The Hall–Kier alpha value is -3.63. The monoisotopic (exact) mass is 689 g/mol. The van der Waals surface area contributed by atoms with E-state index in [-0.39, 0.29) is 20.1 Å². The average Bonchev–Trinajstić information content (AvgIpc) is 3.56. The molecule has 0 unspecified atom stereocenters. The van der Waals surface area contributed by atoms with Crippen molar-refractivity contribution in [1.82, 2.24) is 9.97 Å². The largest absolute Gasteiger partial charge is 0.499 e. The normalized spacial score (nSPS) is 10.8. The van der Waals surface area contributed by atoms with Crippen LogP contribution in [-0.2, 0) is 20.1 Å². The number of furan rings is 1. The predicted octanol–water partition coefficient (Wildman–Crippen LogP) is 9.13. The number of nitrogens with zero attached hydrogens (tertiary/aromatic N) is 2. The van der Waals surface area contributed by atoms with Crippen LogP contribution < -0.4 is 0 Å². The summed E-state index contributed by atoms with van der Waals surface area (Å²) < 4.78 is 7.52. The van der Waals surface area contributed by atoms with E-state index in [4.69, 9.17) is 4.42 Å². The molecule has 7 rings (SSSR count). The van der Waals surface area contributed by atoms with Gasteiger partial charge in [0.25, 0.3) is 0 Å². The molecule has 0 aliphatic heterocycles. The van der Waals surface area contributed by atoms with E-state index < -0.39 is 0 Å². The maximum atomic E-state index is 6.32. The van der Waals surface area contributed by atoms with Gasteiger partial charge in [0.05, 0.1) is 10.3 Å². The van der Waals surface area contributed by atoms with Crippen LogP contribution in [0.15, 0.2) is 95.0 Å². The molecule has 0 N–H and O–H groups in total. The van der Waals surface area contributed by atoms with E-state index in [0.717, 1.165) is 44.5 Å². The summed E-state index contributed by atoms with van der Waals surface area (Å²) in [6, 6.07) is 31.0. The van der Waals surface area contributed by atoms with Gasteiger partial charge in [0.1, 0.15) is 5.58 Å². The van der Waals surface area contributed by atoms with Gasteiger partial charge in [-0.25, -0.2) is 0 Å². The van der Waals surface area contributed by atoms with Gasteiger partial charge in [-0.2, -0.15) is 0 Å². The molecule has 3 nitrogen and oxygen atoms in total. The first kappa shape index (κ1) is 26.0. The Morgan fingerprint density at radius 1 is 0.737 bits per heavy atom. The summed E-state index contributed by atoms with van der Waals surface area (Å²) in [7, 11) is 0. The molecule has 38 heavy (non-hydrogen) atoms. The smallest absolute Gasteiger partial charge is 0.138 e. The molecular formula is C33H24IrN2OS-2. The minimum Gasteiger partial charge on any atom is -0.499 e. The van der Waals surface area contributed by atoms with Gasteiger partial charge in [-0.1, -0.05) is 46.8 Å². The van der Waals surface area contributed by atoms with Crippen molar-refractivity contribution < 1.29 is 24.5 Å². The minimum absolute atomic E-state index is 0. The molecular weight excluding hydrogens is 665 g/mol. The van der Waals surface area contributed by atoms with E-state index in [1.165, 1.54) is 26.8 Å². The number of hydrogen-bond donors (Lipinski definition) is 0. The van der Waals surface area contributed by atoms with Gasteiger partial charge in [0.15, 0.2) is 0 Å². The molecule has 0 saturated heterocycles. The Kier molecular flexibility index (Phi) is 7.53. The molecule has 1 radical (unpaired) electrons. The third-order valence-corrected chi connectivity index (χ3v) is 7.47. The molecule has 4 aromatic heterocycles. The predicted molar refractivity (Wildman–Crippen MR) is 154 cm³/mol. The van der Waals surface area contributed by atoms with Crippen molar-refractivity contribution >= 4 is 43.4 Å². The summed E-state index contributed by atoms with van der Waals surface area (Å²) in [6.45, 7) is 6.21. The van der Waals surface area contributed by atoms with E-state index in [2.05, 4.69) is 77.7 Å². The van der Waals surface area contributed by atoms with Crippen LogP contribution in [0.5, 0.6) is 0 Å². The van der Waals surface area contributed by atoms with Gasteiger partial charge in [0.2, 0.25) is 0 Å². The molecule has 5 heteroatoms. The second-order valence-corrected chi connectivity index (χ2v) is 10.0. The number of pyridine rings is 2. The van der Waals surface area contributed by atoms with E-state index in [1.54, 1.807) is 11.3 Å². The second-order valence-electron chi connectivity index (χ2n) is 9.13. The number of aromatic nitrogens is 2. The van der Waals surface area contributed by atoms with Crippen molar-refractivity contribution in [3.05, 3.63) is 119 Å². The van der Waals surface area contributed by atoms with Crippen LogP contribution in [0.4, 0.5) is 0 Å². The summed E-state index contributed by atoms with van der Waals surface area (Å²) in [5, 5.41) is 5.60. The molecule has 7 aromatic rings. The summed E-state index contributed by atoms with van der Waals surface area (Å²) >= 11 is 1.72. The van der Waals surface area contributed by atoms with E-state index in [9.17, 15) is 0 Å². The van der Waals surface area contributed by atoms with E-state index in [1.807, 2.05) is 55.7 Å². The summed E-state index contributed by atoms with van der Waals surface area (Å²) in [5.41, 5.74) is 9.28. The standard InChI is InChI=1S/C21H14NOS.C12H10N.Ir/c1-12-10-18(22-11-13(12)2)17-5-3-4-15-16-7-6-14-8-9-24-21(14)20(16)23-19(15)17;1-10-7-8-12(13-9-10)11-5-3-2-4-6-11;/h3-4,6-11H,1-2H3;2-5,7-9H,1H3;/q2*-1;. The van der Waals surface area contributed by atoms with E-state index >= 15 is 0 Å². The van der Waals surface area contributed by atoms with Gasteiger partial charge < -0.3 is 14.4 Å². The fraction of sp³-hybridized carbons (Fsp3) is 0.0909. The molecule has 0 bridgehead atoms. The topological polar surface area (TPSA) is 38.9 Å². The molecule has 0 saturated carbocycles. The Morgan fingerprint density at radius 2 is 1.58 bits per heavy atom. The number of rotatable bonds is 2. The first-order valence-corrected chi connectivity index (χ1v) is 13.0. The van der Waals surface area contributed by atoms with Crippen LogP contribution in [0.1, 0.15) is 16.7 Å². The fourth-order valence-corrected chi connectivity index (χ4v) is 5.24. The number of aryl methyl sites for hydroxylation is 3. The third kappa shape index (κ3) is 4.93. The molecule has 0 atom stereocenters. The Morgan fingerprint density at radius 3 is 2.34 bits per heavy atom. The van der Waals surface area contributed by atoms with Crippen molar-refractivity contribution in [2.75, 3.05) is 0 Å². The Balaban J connectivity index is 0.000000179. The summed E-state index contributed by atoms with van der Waals surface area (Å²) in [6.07, 6.45) is 3.79. The van der Waals surface area contributed by atoms with Crippen LogP contribution >= 0.6 is 11.3 Å². The van der Waals surface area contributed by atoms with Crippen molar-refractivity contribution in [2.24, 2.45) is 0 Å². The fourth-order valence-electron chi connectivity index (χ4n) is 4.36. The molecule has 3 aromatic carbocycles. The molecule has 0 fully saturated rings. The third-order valence-electron chi connectivity index (χ3n) is 6.54. The van der Waals surface area contributed by atoms with Crippen LogP contribution in [0.2, 0.25) is 0 Å².